The Kier molecular flexibility index (Phi) is 5.56. The van der Waals surface area contributed by atoms with E-state index in [1.807, 2.05) is 0 Å². The summed E-state index contributed by atoms with van der Waals surface area (Å²) in [6.07, 6.45) is -2.32. The predicted molar refractivity (Wildman–Crippen MR) is 57.4 cm³/mol. The maximum absolute atomic E-state index is 11.8. The van der Waals surface area contributed by atoms with Crippen molar-refractivity contribution in [1.82, 2.24) is 5.32 Å². The molecule has 0 saturated heterocycles. The summed E-state index contributed by atoms with van der Waals surface area (Å²) < 4.78 is 33.8. The topological polar surface area (TPSA) is 30.5 Å². The average Bonchev–Trinajstić information content (AvgIpc) is 2.29. The third-order valence-electron chi connectivity index (χ3n) is 1.91. The van der Waals surface area contributed by atoms with Crippen molar-refractivity contribution in [3.05, 3.63) is 24.3 Å². The average molecular weight is 231 g/mol. The van der Waals surface area contributed by atoms with Gasteiger partial charge in [-0.15, -0.1) is 0 Å². The lowest BCUT2D eigenvalue weighted by Gasteiger charge is -2.07. The molecule has 1 N–H and O–H groups in total. The second kappa shape index (κ2) is 7.00. The summed E-state index contributed by atoms with van der Waals surface area (Å²) in [4.78, 5) is 0. The fourth-order valence-electron chi connectivity index (χ4n) is 1.12. The molecule has 0 bridgehead atoms. The molecule has 0 aromatic heterocycles. The van der Waals surface area contributed by atoms with Crippen LogP contribution in [0.15, 0.2) is 24.3 Å². The largest absolute Gasteiger partial charge is 0.497 e. The molecule has 16 heavy (non-hydrogen) atoms. The number of benzene rings is 1. The van der Waals surface area contributed by atoms with Crippen LogP contribution in [0.3, 0.4) is 0 Å². The van der Waals surface area contributed by atoms with E-state index in [9.17, 15) is 8.78 Å². The Balaban J connectivity index is 2.16. The van der Waals surface area contributed by atoms with Crippen LogP contribution in [-0.4, -0.2) is 33.2 Å². The van der Waals surface area contributed by atoms with E-state index >= 15 is 0 Å². The van der Waals surface area contributed by atoms with Gasteiger partial charge < -0.3 is 14.8 Å². The van der Waals surface area contributed by atoms with Gasteiger partial charge >= 0.3 is 0 Å². The molecule has 0 aliphatic rings. The minimum Gasteiger partial charge on any atom is -0.497 e. The number of ether oxygens (including phenoxy) is 2. The van der Waals surface area contributed by atoms with Gasteiger partial charge in [0, 0.05) is 6.54 Å². The van der Waals surface area contributed by atoms with Crippen molar-refractivity contribution in [2.24, 2.45) is 0 Å². The zero-order valence-corrected chi connectivity index (χ0v) is 9.08. The molecule has 0 atom stereocenters. The molecule has 0 heterocycles. The van der Waals surface area contributed by atoms with Gasteiger partial charge in [-0.25, -0.2) is 8.78 Å². The molecule has 0 fully saturated rings. The highest BCUT2D eigenvalue weighted by Gasteiger charge is 2.00. The highest BCUT2D eigenvalue weighted by Crippen LogP contribution is 2.16. The summed E-state index contributed by atoms with van der Waals surface area (Å²) in [6.45, 7) is 0.460. The molecule has 0 radical (unpaired) electrons. The molecule has 0 saturated carbocycles. The first-order chi connectivity index (χ1) is 7.72. The number of halogens is 2. The van der Waals surface area contributed by atoms with Gasteiger partial charge in [-0.1, -0.05) is 0 Å². The molecule has 0 aliphatic heterocycles. The van der Waals surface area contributed by atoms with E-state index in [0.717, 1.165) is 5.75 Å². The Morgan fingerprint density at radius 2 is 1.81 bits per heavy atom. The zero-order valence-electron chi connectivity index (χ0n) is 9.08. The normalized spacial score (nSPS) is 10.5. The van der Waals surface area contributed by atoms with Crippen molar-refractivity contribution in [1.29, 1.82) is 0 Å². The maximum Gasteiger partial charge on any atom is 0.250 e. The van der Waals surface area contributed by atoms with E-state index in [-0.39, 0.29) is 6.54 Å². The monoisotopic (exact) mass is 231 g/mol. The van der Waals surface area contributed by atoms with Gasteiger partial charge in [0.2, 0.25) is 0 Å². The molecule has 0 amide bonds. The number of methoxy groups -OCH3 is 1. The molecular formula is C11H15F2NO2. The summed E-state index contributed by atoms with van der Waals surface area (Å²) in [7, 11) is 1.59. The first-order valence-corrected chi connectivity index (χ1v) is 4.98. The summed E-state index contributed by atoms with van der Waals surface area (Å²) in [5, 5.41) is 2.58. The van der Waals surface area contributed by atoms with Crippen molar-refractivity contribution in [2.75, 3.05) is 26.8 Å². The van der Waals surface area contributed by atoms with E-state index in [1.54, 1.807) is 31.4 Å². The number of nitrogens with one attached hydrogen (secondary N) is 1. The summed E-state index contributed by atoms with van der Waals surface area (Å²) >= 11 is 0. The first-order valence-electron chi connectivity index (χ1n) is 4.98. The summed E-state index contributed by atoms with van der Waals surface area (Å²) in [5.41, 5.74) is 0. The number of alkyl halides is 2. The van der Waals surface area contributed by atoms with Gasteiger partial charge in [0.25, 0.3) is 6.43 Å². The number of hydrogen-bond donors (Lipinski definition) is 1. The van der Waals surface area contributed by atoms with Crippen LogP contribution in [-0.2, 0) is 0 Å². The fourth-order valence-corrected chi connectivity index (χ4v) is 1.12. The summed E-state index contributed by atoms with van der Waals surface area (Å²) in [6, 6.07) is 7.10. The molecule has 1 aromatic carbocycles. The Labute approximate surface area is 93.4 Å². The lowest BCUT2D eigenvalue weighted by molar-refractivity contribution is 0.144. The molecule has 3 nitrogen and oxygen atoms in total. The van der Waals surface area contributed by atoms with E-state index in [0.29, 0.717) is 18.9 Å². The van der Waals surface area contributed by atoms with Gasteiger partial charge in [-0.3, -0.25) is 0 Å². The van der Waals surface area contributed by atoms with Crippen molar-refractivity contribution in [2.45, 2.75) is 6.43 Å². The lowest BCUT2D eigenvalue weighted by Crippen LogP contribution is -2.26. The zero-order chi connectivity index (χ0) is 11.8. The fraction of sp³-hybridized carbons (Fsp3) is 0.455. The molecule has 90 valence electrons. The van der Waals surface area contributed by atoms with Crippen LogP contribution < -0.4 is 14.8 Å². The standard InChI is InChI=1S/C11H15F2NO2/c1-15-9-2-4-10(5-3-9)16-7-6-14-8-11(12)13/h2-5,11,14H,6-8H2,1H3. The van der Waals surface area contributed by atoms with Crippen LogP contribution in [0.5, 0.6) is 11.5 Å². The third kappa shape index (κ3) is 4.93. The SMILES string of the molecule is COc1ccc(OCCNCC(F)F)cc1. The number of hydrogen-bond acceptors (Lipinski definition) is 3. The Hall–Kier alpha value is -1.36. The Morgan fingerprint density at radius 3 is 2.38 bits per heavy atom. The van der Waals surface area contributed by atoms with Gasteiger partial charge in [0.15, 0.2) is 0 Å². The van der Waals surface area contributed by atoms with Crippen LogP contribution >= 0.6 is 0 Å². The molecule has 0 unspecified atom stereocenters. The Morgan fingerprint density at radius 1 is 1.19 bits per heavy atom. The van der Waals surface area contributed by atoms with Gasteiger partial charge in [0.1, 0.15) is 18.1 Å². The quantitative estimate of drug-likeness (QED) is 0.727. The lowest BCUT2D eigenvalue weighted by atomic mass is 10.3. The van der Waals surface area contributed by atoms with Crippen molar-refractivity contribution in [3.8, 4) is 11.5 Å². The molecule has 0 spiro atoms. The molecule has 1 rings (SSSR count). The van der Waals surface area contributed by atoms with Gasteiger partial charge in [-0.2, -0.15) is 0 Å². The van der Waals surface area contributed by atoms with Crippen LogP contribution in [0.2, 0.25) is 0 Å². The second-order valence-electron chi connectivity index (χ2n) is 3.12. The Bertz CT molecular complexity index is 291. The van der Waals surface area contributed by atoms with Gasteiger partial charge in [0.05, 0.1) is 13.7 Å². The van der Waals surface area contributed by atoms with Crippen molar-refractivity contribution < 1.29 is 18.3 Å². The van der Waals surface area contributed by atoms with Crippen molar-refractivity contribution >= 4 is 0 Å². The molecular weight excluding hydrogens is 216 g/mol. The minimum absolute atomic E-state index is 0.300. The van der Waals surface area contributed by atoms with Crippen LogP contribution in [0.4, 0.5) is 8.78 Å². The van der Waals surface area contributed by atoms with E-state index in [4.69, 9.17) is 9.47 Å². The van der Waals surface area contributed by atoms with E-state index in [2.05, 4.69) is 5.32 Å². The molecule has 0 aliphatic carbocycles. The first kappa shape index (κ1) is 12.7. The van der Waals surface area contributed by atoms with Crippen LogP contribution in [0.1, 0.15) is 0 Å². The molecule has 5 heteroatoms. The molecule has 1 aromatic rings. The van der Waals surface area contributed by atoms with Crippen LogP contribution in [0, 0.1) is 0 Å². The minimum atomic E-state index is -2.32. The predicted octanol–water partition coefficient (Wildman–Crippen LogP) is 1.93. The van der Waals surface area contributed by atoms with Crippen molar-refractivity contribution in [3.63, 3.8) is 0 Å². The van der Waals surface area contributed by atoms with E-state index in [1.165, 1.54) is 0 Å². The summed E-state index contributed by atoms with van der Waals surface area (Å²) in [5.74, 6) is 1.45. The van der Waals surface area contributed by atoms with E-state index < -0.39 is 6.43 Å². The van der Waals surface area contributed by atoms with Gasteiger partial charge in [-0.05, 0) is 24.3 Å². The highest BCUT2D eigenvalue weighted by molar-refractivity contribution is 5.31. The smallest absolute Gasteiger partial charge is 0.250 e. The van der Waals surface area contributed by atoms with Crippen LogP contribution in [0.25, 0.3) is 0 Å². The highest BCUT2D eigenvalue weighted by atomic mass is 19.3. The third-order valence-corrected chi connectivity index (χ3v) is 1.91. The maximum atomic E-state index is 11.8. The second-order valence-corrected chi connectivity index (χ2v) is 3.12. The number of rotatable bonds is 7.